The van der Waals surface area contributed by atoms with Crippen molar-refractivity contribution in [2.75, 3.05) is 26.2 Å². The molecule has 0 radical (unpaired) electrons. The molecule has 96 valence electrons. The SMILES string of the molecule is O=C1c2ccccc2CCCN1CCC1CNC1. The Bertz CT molecular complexity index is 440. The lowest BCUT2D eigenvalue weighted by molar-refractivity contribution is 0.0746. The van der Waals surface area contributed by atoms with Gasteiger partial charge in [-0.2, -0.15) is 0 Å². The molecule has 1 aromatic rings. The highest BCUT2D eigenvalue weighted by atomic mass is 16.2. The summed E-state index contributed by atoms with van der Waals surface area (Å²) < 4.78 is 0. The van der Waals surface area contributed by atoms with Crippen molar-refractivity contribution < 1.29 is 4.79 Å². The van der Waals surface area contributed by atoms with Gasteiger partial charge in [-0.1, -0.05) is 18.2 Å². The van der Waals surface area contributed by atoms with E-state index in [0.29, 0.717) is 0 Å². The quantitative estimate of drug-likeness (QED) is 0.877. The summed E-state index contributed by atoms with van der Waals surface area (Å²) in [5.74, 6) is 1.01. The monoisotopic (exact) mass is 244 g/mol. The number of aryl methyl sites for hydroxylation is 1. The van der Waals surface area contributed by atoms with Crippen molar-refractivity contribution in [2.24, 2.45) is 5.92 Å². The number of hydrogen-bond donors (Lipinski definition) is 1. The minimum Gasteiger partial charge on any atom is -0.339 e. The second-order valence-electron chi connectivity index (χ2n) is 5.37. The van der Waals surface area contributed by atoms with Gasteiger partial charge >= 0.3 is 0 Å². The molecule has 0 bridgehead atoms. The van der Waals surface area contributed by atoms with Gasteiger partial charge in [0.1, 0.15) is 0 Å². The van der Waals surface area contributed by atoms with Gasteiger partial charge in [-0.25, -0.2) is 0 Å². The van der Waals surface area contributed by atoms with E-state index in [1.165, 1.54) is 5.56 Å². The van der Waals surface area contributed by atoms with Crippen molar-refractivity contribution in [1.82, 2.24) is 10.2 Å². The van der Waals surface area contributed by atoms with Crippen LogP contribution in [0.2, 0.25) is 0 Å². The van der Waals surface area contributed by atoms with E-state index < -0.39 is 0 Å². The Hall–Kier alpha value is -1.35. The molecule has 2 aliphatic rings. The van der Waals surface area contributed by atoms with Crippen LogP contribution in [0.5, 0.6) is 0 Å². The number of carbonyl (C=O) groups is 1. The van der Waals surface area contributed by atoms with E-state index in [2.05, 4.69) is 11.4 Å². The zero-order valence-corrected chi connectivity index (χ0v) is 10.7. The molecule has 0 spiro atoms. The Morgan fingerprint density at radius 2 is 2.11 bits per heavy atom. The molecule has 1 saturated heterocycles. The van der Waals surface area contributed by atoms with Crippen LogP contribution in [0, 0.1) is 5.92 Å². The highest BCUT2D eigenvalue weighted by molar-refractivity contribution is 5.96. The van der Waals surface area contributed by atoms with Crippen LogP contribution in [0.25, 0.3) is 0 Å². The average molecular weight is 244 g/mol. The molecule has 3 heteroatoms. The summed E-state index contributed by atoms with van der Waals surface area (Å²) in [4.78, 5) is 14.5. The maximum Gasteiger partial charge on any atom is 0.254 e. The van der Waals surface area contributed by atoms with Gasteiger partial charge in [0.05, 0.1) is 0 Å². The third-order valence-corrected chi connectivity index (χ3v) is 4.08. The molecule has 0 atom stereocenters. The molecular formula is C15H20N2O. The first kappa shape index (κ1) is 11.7. The molecule has 0 aromatic heterocycles. The van der Waals surface area contributed by atoms with Gasteiger partial charge < -0.3 is 10.2 Å². The standard InChI is InChI=1S/C15H20N2O/c18-15-14-6-2-1-4-13(14)5-3-8-17(15)9-7-12-10-16-11-12/h1-2,4,6,12,16H,3,5,7-11H2. The van der Waals surface area contributed by atoms with Gasteiger partial charge in [0, 0.05) is 18.7 Å². The van der Waals surface area contributed by atoms with E-state index >= 15 is 0 Å². The molecule has 2 aliphatic heterocycles. The summed E-state index contributed by atoms with van der Waals surface area (Å²) in [6.45, 7) is 4.07. The number of benzene rings is 1. The van der Waals surface area contributed by atoms with E-state index in [0.717, 1.165) is 56.9 Å². The minimum absolute atomic E-state index is 0.232. The average Bonchev–Trinajstić information content (AvgIpc) is 2.49. The molecule has 0 saturated carbocycles. The van der Waals surface area contributed by atoms with Crippen molar-refractivity contribution in [3.05, 3.63) is 35.4 Å². The van der Waals surface area contributed by atoms with Crippen LogP contribution in [0.15, 0.2) is 24.3 Å². The summed E-state index contributed by atoms with van der Waals surface area (Å²) in [7, 11) is 0. The fourth-order valence-corrected chi connectivity index (χ4v) is 2.78. The lowest BCUT2D eigenvalue weighted by Gasteiger charge is -2.30. The van der Waals surface area contributed by atoms with Crippen molar-refractivity contribution in [3.8, 4) is 0 Å². The Balaban J connectivity index is 1.70. The molecule has 3 nitrogen and oxygen atoms in total. The number of amides is 1. The molecule has 1 amide bonds. The largest absolute Gasteiger partial charge is 0.339 e. The van der Waals surface area contributed by atoms with Crippen LogP contribution in [0.1, 0.15) is 28.8 Å². The predicted molar refractivity (Wildman–Crippen MR) is 71.6 cm³/mol. The number of hydrogen-bond acceptors (Lipinski definition) is 2. The van der Waals surface area contributed by atoms with Gasteiger partial charge in [0.2, 0.25) is 0 Å². The van der Waals surface area contributed by atoms with Gasteiger partial charge in [0.15, 0.2) is 0 Å². The van der Waals surface area contributed by atoms with Gasteiger partial charge in [-0.15, -0.1) is 0 Å². The minimum atomic E-state index is 0.232. The Kier molecular flexibility index (Phi) is 3.33. The number of nitrogens with zero attached hydrogens (tertiary/aromatic N) is 1. The molecule has 3 rings (SSSR count). The van der Waals surface area contributed by atoms with Crippen molar-refractivity contribution in [1.29, 1.82) is 0 Å². The second kappa shape index (κ2) is 5.11. The van der Waals surface area contributed by atoms with Crippen LogP contribution in [0.3, 0.4) is 0 Å². The zero-order chi connectivity index (χ0) is 12.4. The van der Waals surface area contributed by atoms with Crippen LogP contribution in [-0.2, 0) is 6.42 Å². The fourth-order valence-electron chi connectivity index (χ4n) is 2.78. The third-order valence-electron chi connectivity index (χ3n) is 4.08. The third kappa shape index (κ3) is 2.27. The van der Waals surface area contributed by atoms with Gasteiger partial charge in [-0.3, -0.25) is 4.79 Å². The maximum absolute atomic E-state index is 12.5. The summed E-state index contributed by atoms with van der Waals surface area (Å²) in [6, 6.07) is 8.06. The Morgan fingerprint density at radius 3 is 2.89 bits per heavy atom. The Labute approximate surface area is 108 Å². The molecule has 2 heterocycles. The Morgan fingerprint density at radius 1 is 1.28 bits per heavy atom. The molecule has 1 N–H and O–H groups in total. The van der Waals surface area contributed by atoms with Gasteiger partial charge in [0.25, 0.3) is 5.91 Å². The lowest BCUT2D eigenvalue weighted by atomic mass is 9.99. The smallest absolute Gasteiger partial charge is 0.254 e. The first-order valence-electron chi connectivity index (χ1n) is 6.92. The predicted octanol–water partition coefficient (Wildman–Crippen LogP) is 1.68. The van der Waals surface area contributed by atoms with E-state index in [9.17, 15) is 4.79 Å². The summed E-state index contributed by atoms with van der Waals surface area (Å²) >= 11 is 0. The highest BCUT2D eigenvalue weighted by Crippen LogP contribution is 2.19. The van der Waals surface area contributed by atoms with Crippen LogP contribution < -0.4 is 5.32 Å². The molecular weight excluding hydrogens is 224 g/mol. The van der Waals surface area contributed by atoms with E-state index in [4.69, 9.17) is 0 Å². The highest BCUT2D eigenvalue weighted by Gasteiger charge is 2.24. The van der Waals surface area contributed by atoms with E-state index in [1.807, 2.05) is 23.1 Å². The van der Waals surface area contributed by atoms with Crippen LogP contribution in [-0.4, -0.2) is 37.0 Å². The number of fused-ring (bicyclic) bond motifs is 1. The summed E-state index contributed by atoms with van der Waals surface area (Å²) in [5, 5.41) is 3.28. The first-order chi connectivity index (χ1) is 8.84. The summed E-state index contributed by atoms with van der Waals surface area (Å²) in [5.41, 5.74) is 2.14. The molecule has 0 unspecified atom stereocenters. The van der Waals surface area contributed by atoms with E-state index in [1.54, 1.807) is 0 Å². The van der Waals surface area contributed by atoms with Crippen molar-refractivity contribution in [3.63, 3.8) is 0 Å². The van der Waals surface area contributed by atoms with Crippen LogP contribution >= 0.6 is 0 Å². The maximum atomic E-state index is 12.5. The van der Waals surface area contributed by atoms with Crippen LogP contribution in [0.4, 0.5) is 0 Å². The second-order valence-corrected chi connectivity index (χ2v) is 5.37. The normalized spacial score (nSPS) is 20.2. The summed E-state index contributed by atoms with van der Waals surface area (Å²) in [6.07, 6.45) is 3.26. The fraction of sp³-hybridized carbons (Fsp3) is 0.533. The lowest BCUT2D eigenvalue weighted by Crippen LogP contribution is -2.44. The number of rotatable bonds is 3. The topological polar surface area (TPSA) is 32.3 Å². The van der Waals surface area contributed by atoms with E-state index in [-0.39, 0.29) is 5.91 Å². The van der Waals surface area contributed by atoms with Crippen molar-refractivity contribution >= 4 is 5.91 Å². The first-order valence-corrected chi connectivity index (χ1v) is 6.92. The number of carbonyl (C=O) groups excluding carboxylic acids is 1. The molecule has 18 heavy (non-hydrogen) atoms. The number of nitrogens with one attached hydrogen (secondary N) is 1. The molecule has 0 aliphatic carbocycles. The van der Waals surface area contributed by atoms with Crippen molar-refractivity contribution in [2.45, 2.75) is 19.3 Å². The van der Waals surface area contributed by atoms with Gasteiger partial charge in [-0.05, 0) is 49.9 Å². The molecule has 1 fully saturated rings. The molecule has 1 aromatic carbocycles. The zero-order valence-electron chi connectivity index (χ0n) is 10.7.